The molecular weight excluding hydrogens is 326 g/mol. The molecule has 1 fully saturated rings. The van der Waals surface area contributed by atoms with Gasteiger partial charge in [0.25, 0.3) is 0 Å². The number of hydrogen-bond donors (Lipinski definition) is 1. The highest BCUT2D eigenvalue weighted by molar-refractivity contribution is 6.30. The smallest absolute Gasteiger partial charge is 0.230 e. The number of rotatable bonds is 3. The summed E-state index contributed by atoms with van der Waals surface area (Å²) in [5.41, 5.74) is 2.74. The largest absolute Gasteiger partial charge is 0.312 e. The van der Waals surface area contributed by atoms with Crippen molar-refractivity contribution in [1.82, 2.24) is 4.98 Å². The third-order valence-electron chi connectivity index (χ3n) is 4.13. The van der Waals surface area contributed by atoms with E-state index in [1.807, 2.05) is 38.1 Å². The summed E-state index contributed by atoms with van der Waals surface area (Å²) in [6, 6.07) is 9.45. The monoisotopic (exact) mass is 343 g/mol. The van der Waals surface area contributed by atoms with E-state index in [0.717, 1.165) is 16.8 Å². The Balaban J connectivity index is 1.70. The normalized spacial score (nSPS) is 17.2. The van der Waals surface area contributed by atoms with Gasteiger partial charge in [0.05, 0.1) is 10.9 Å². The van der Waals surface area contributed by atoms with Gasteiger partial charge in [-0.1, -0.05) is 29.3 Å². The lowest BCUT2D eigenvalue weighted by molar-refractivity contribution is -0.122. The Bertz CT molecular complexity index is 789. The number of nitrogens with one attached hydrogen (secondary N) is 1. The van der Waals surface area contributed by atoms with Crippen LogP contribution in [0.1, 0.15) is 17.5 Å². The lowest BCUT2D eigenvalue weighted by Gasteiger charge is -2.17. The molecule has 0 spiro atoms. The van der Waals surface area contributed by atoms with E-state index in [1.54, 1.807) is 11.0 Å². The molecule has 1 unspecified atom stereocenters. The summed E-state index contributed by atoms with van der Waals surface area (Å²) in [5, 5.41) is 3.31. The molecule has 24 heavy (non-hydrogen) atoms. The van der Waals surface area contributed by atoms with Crippen LogP contribution in [0.2, 0.25) is 5.02 Å². The van der Waals surface area contributed by atoms with E-state index in [2.05, 4.69) is 10.3 Å². The number of hydrogen-bond acceptors (Lipinski definition) is 3. The number of carbonyl (C=O) groups is 2. The van der Waals surface area contributed by atoms with Gasteiger partial charge in [0.2, 0.25) is 11.8 Å². The molecule has 1 N–H and O–H groups in total. The van der Waals surface area contributed by atoms with Crippen LogP contribution in [0, 0.1) is 19.8 Å². The summed E-state index contributed by atoms with van der Waals surface area (Å²) in [5.74, 6) is -0.156. The van der Waals surface area contributed by atoms with Crippen molar-refractivity contribution in [2.45, 2.75) is 20.3 Å². The molecule has 1 aromatic carbocycles. The Kier molecular flexibility index (Phi) is 4.53. The predicted octanol–water partition coefficient (Wildman–Crippen LogP) is 3.34. The van der Waals surface area contributed by atoms with Crippen molar-refractivity contribution >= 4 is 34.9 Å². The number of benzene rings is 1. The van der Waals surface area contributed by atoms with Crippen LogP contribution in [0.5, 0.6) is 0 Å². The summed E-state index contributed by atoms with van der Waals surface area (Å²) in [4.78, 5) is 30.5. The molecular formula is C18H18ClN3O2. The van der Waals surface area contributed by atoms with Gasteiger partial charge in [-0.2, -0.15) is 0 Å². The number of aryl methyl sites for hydroxylation is 2. The Hall–Kier alpha value is -2.40. The van der Waals surface area contributed by atoms with Crippen molar-refractivity contribution in [3.05, 3.63) is 52.7 Å². The zero-order valence-electron chi connectivity index (χ0n) is 13.5. The summed E-state index contributed by atoms with van der Waals surface area (Å²) < 4.78 is 0. The molecule has 1 aliphatic heterocycles. The topological polar surface area (TPSA) is 62.3 Å². The first kappa shape index (κ1) is 16.5. The van der Waals surface area contributed by atoms with E-state index in [0.29, 0.717) is 17.4 Å². The van der Waals surface area contributed by atoms with Gasteiger partial charge >= 0.3 is 0 Å². The van der Waals surface area contributed by atoms with Gasteiger partial charge < -0.3 is 10.2 Å². The van der Waals surface area contributed by atoms with Crippen molar-refractivity contribution in [3.63, 3.8) is 0 Å². The second kappa shape index (κ2) is 6.61. The standard InChI is InChI=1S/C18H18ClN3O2/c1-11-3-5-15(6-4-11)22-10-13(8-16(22)23)18(24)21-17-12(2)7-14(19)9-20-17/h3-7,9,13H,8,10H2,1-2H3,(H,20,21,24). The zero-order valence-corrected chi connectivity index (χ0v) is 14.3. The van der Waals surface area contributed by atoms with Crippen LogP contribution in [0.4, 0.5) is 11.5 Å². The molecule has 0 aliphatic carbocycles. The van der Waals surface area contributed by atoms with E-state index in [4.69, 9.17) is 11.6 Å². The molecule has 0 saturated carbocycles. The summed E-state index contributed by atoms with van der Waals surface area (Å²) in [7, 11) is 0. The van der Waals surface area contributed by atoms with Crippen LogP contribution in [0.15, 0.2) is 36.5 Å². The van der Waals surface area contributed by atoms with Gasteiger partial charge in [-0.15, -0.1) is 0 Å². The van der Waals surface area contributed by atoms with Crippen molar-refractivity contribution < 1.29 is 9.59 Å². The third-order valence-corrected chi connectivity index (χ3v) is 4.33. The fourth-order valence-electron chi connectivity index (χ4n) is 2.75. The van der Waals surface area contributed by atoms with Gasteiger partial charge in [0.1, 0.15) is 5.82 Å². The molecule has 1 saturated heterocycles. The molecule has 1 atom stereocenters. The first-order valence-corrected chi connectivity index (χ1v) is 8.12. The Morgan fingerprint density at radius 2 is 2.00 bits per heavy atom. The van der Waals surface area contributed by atoms with Crippen molar-refractivity contribution in [3.8, 4) is 0 Å². The summed E-state index contributed by atoms with van der Waals surface area (Å²) in [6.07, 6.45) is 1.69. The van der Waals surface area contributed by atoms with Crippen molar-refractivity contribution in [1.29, 1.82) is 0 Å². The number of nitrogens with zero attached hydrogens (tertiary/aromatic N) is 2. The molecule has 0 radical (unpaired) electrons. The van der Waals surface area contributed by atoms with Gasteiger partial charge in [0.15, 0.2) is 0 Å². The third kappa shape index (κ3) is 3.41. The average molecular weight is 344 g/mol. The molecule has 2 amide bonds. The van der Waals surface area contributed by atoms with Crippen LogP contribution < -0.4 is 10.2 Å². The molecule has 124 valence electrons. The minimum atomic E-state index is -0.393. The maximum atomic E-state index is 12.5. The number of pyridine rings is 1. The van der Waals surface area contributed by atoms with E-state index < -0.39 is 5.92 Å². The van der Waals surface area contributed by atoms with Crippen LogP contribution in [-0.4, -0.2) is 23.3 Å². The summed E-state index contributed by atoms with van der Waals surface area (Å²) in [6.45, 7) is 4.19. The number of halogens is 1. The number of anilines is 2. The number of amides is 2. The lowest BCUT2D eigenvalue weighted by Crippen LogP contribution is -2.28. The predicted molar refractivity (Wildman–Crippen MR) is 94.3 cm³/mol. The summed E-state index contributed by atoms with van der Waals surface area (Å²) >= 11 is 5.87. The van der Waals surface area contributed by atoms with E-state index >= 15 is 0 Å². The second-order valence-electron chi connectivity index (χ2n) is 6.05. The Morgan fingerprint density at radius 1 is 1.29 bits per heavy atom. The van der Waals surface area contributed by atoms with Crippen molar-refractivity contribution in [2.24, 2.45) is 5.92 Å². The van der Waals surface area contributed by atoms with Crippen LogP contribution in [0.25, 0.3) is 0 Å². The molecule has 2 heterocycles. The molecule has 6 heteroatoms. The molecule has 1 aromatic heterocycles. The lowest BCUT2D eigenvalue weighted by atomic mass is 10.1. The van der Waals surface area contributed by atoms with Crippen molar-refractivity contribution in [2.75, 3.05) is 16.8 Å². The maximum absolute atomic E-state index is 12.5. The van der Waals surface area contributed by atoms with Crippen LogP contribution >= 0.6 is 11.6 Å². The maximum Gasteiger partial charge on any atom is 0.230 e. The SMILES string of the molecule is Cc1ccc(N2CC(C(=O)Nc3ncc(Cl)cc3C)CC2=O)cc1. The quantitative estimate of drug-likeness (QED) is 0.929. The van der Waals surface area contributed by atoms with Gasteiger partial charge in [-0.3, -0.25) is 9.59 Å². The first-order chi connectivity index (χ1) is 11.4. The minimum Gasteiger partial charge on any atom is -0.312 e. The number of aromatic nitrogens is 1. The molecule has 2 aromatic rings. The van der Waals surface area contributed by atoms with E-state index in [-0.39, 0.29) is 18.2 Å². The van der Waals surface area contributed by atoms with E-state index in [9.17, 15) is 9.59 Å². The number of carbonyl (C=O) groups excluding carboxylic acids is 2. The average Bonchev–Trinajstić information content (AvgIpc) is 2.93. The molecule has 5 nitrogen and oxygen atoms in total. The van der Waals surface area contributed by atoms with Gasteiger partial charge in [-0.25, -0.2) is 4.98 Å². The zero-order chi connectivity index (χ0) is 17.3. The highest BCUT2D eigenvalue weighted by Gasteiger charge is 2.35. The van der Waals surface area contributed by atoms with Crippen LogP contribution in [-0.2, 0) is 9.59 Å². The van der Waals surface area contributed by atoms with Gasteiger partial charge in [-0.05, 0) is 37.6 Å². The Morgan fingerprint density at radius 3 is 2.67 bits per heavy atom. The fraction of sp³-hybridized carbons (Fsp3) is 0.278. The van der Waals surface area contributed by atoms with Gasteiger partial charge in [0, 0.05) is 24.8 Å². The minimum absolute atomic E-state index is 0.0419. The Labute approximate surface area is 145 Å². The highest BCUT2D eigenvalue weighted by Crippen LogP contribution is 2.26. The highest BCUT2D eigenvalue weighted by atomic mass is 35.5. The fourth-order valence-corrected chi connectivity index (χ4v) is 2.96. The van der Waals surface area contributed by atoms with E-state index in [1.165, 1.54) is 6.20 Å². The molecule has 3 rings (SSSR count). The van der Waals surface area contributed by atoms with Crippen LogP contribution in [0.3, 0.4) is 0 Å². The second-order valence-corrected chi connectivity index (χ2v) is 6.49. The molecule has 0 bridgehead atoms. The molecule has 1 aliphatic rings. The first-order valence-electron chi connectivity index (χ1n) is 7.74.